The summed E-state index contributed by atoms with van der Waals surface area (Å²) in [7, 11) is 0. The molecule has 2 aromatic carbocycles. The van der Waals surface area contributed by atoms with E-state index in [-0.39, 0.29) is 18.6 Å². The molecule has 35 heavy (non-hydrogen) atoms. The van der Waals surface area contributed by atoms with Gasteiger partial charge in [-0.05, 0) is 80.9 Å². The average Bonchev–Trinajstić information content (AvgIpc) is 3.59. The maximum Gasteiger partial charge on any atom is 0.245 e. The number of hydroxylamine groups is 2. The highest BCUT2D eigenvalue weighted by Crippen LogP contribution is 2.27. The van der Waals surface area contributed by atoms with Crippen molar-refractivity contribution in [1.82, 2.24) is 20.8 Å². The molecule has 3 heterocycles. The Hall–Kier alpha value is -3.46. The summed E-state index contributed by atoms with van der Waals surface area (Å²) in [4.78, 5) is 24.6. The Morgan fingerprint density at radius 3 is 2.77 bits per heavy atom. The smallest absolute Gasteiger partial charge is 0.245 e. The lowest BCUT2D eigenvalue weighted by Crippen LogP contribution is -2.45. The third kappa shape index (κ3) is 5.30. The van der Waals surface area contributed by atoms with E-state index < -0.39 is 5.91 Å². The Bertz CT molecular complexity index is 1220. The van der Waals surface area contributed by atoms with E-state index in [0.29, 0.717) is 6.61 Å². The molecule has 1 fully saturated rings. The molecule has 0 bridgehead atoms. The van der Waals surface area contributed by atoms with Gasteiger partial charge in [-0.2, -0.15) is 0 Å². The van der Waals surface area contributed by atoms with Crippen LogP contribution in [0.1, 0.15) is 36.1 Å². The van der Waals surface area contributed by atoms with Crippen LogP contribution in [-0.4, -0.2) is 46.2 Å². The fourth-order valence-corrected chi connectivity index (χ4v) is 4.88. The van der Waals surface area contributed by atoms with Crippen molar-refractivity contribution in [2.75, 3.05) is 13.1 Å². The Morgan fingerprint density at radius 1 is 1.23 bits per heavy atom. The second-order valence-corrected chi connectivity index (χ2v) is 9.07. The summed E-state index contributed by atoms with van der Waals surface area (Å²) in [6, 6.07) is 17.9. The van der Waals surface area contributed by atoms with Crippen LogP contribution >= 0.6 is 0 Å². The third-order valence-corrected chi connectivity index (χ3v) is 6.63. The molecule has 2 atom stereocenters. The van der Waals surface area contributed by atoms with Gasteiger partial charge < -0.3 is 4.74 Å². The molecule has 0 radical (unpaired) electrons. The minimum absolute atomic E-state index is 0.143. The van der Waals surface area contributed by atoms with Gasteiger partial charge in [0.05, 0.1) is 17.3 Å². The van der Waals surface area contributed by atoms with Gasteiger partial charge in [0.25, 0.3) is 0 Å². The normalized spacial score (nSPS) is 18.8. The summed E-state index contributed by atoms with van der Waals surface area (Å²) >= 11 is 0. The highest BCUT2D eigenvalue weighted by atomic mass is 16.7. The predicted molar refractivity (Wildman–Crippen MR) is 132 cm³/mol. The molecular weight excluding hydrogens is 444 g/mol. The number of nitrogens with zero attached hydrogens (tertiary/aromatic N) is 2. The molecule has 2 aliphatic heterocycles. The molecule has 2 aliphatic rings. The lowest BCUT2D eigenvalue weighted by atomic mass is 10.0. The van der Waals surface area contributed by atoms with Crippen molar-refractivity contribution in [3.63, 3.8) is 0 Å². The van der Waals surface area contributed by atoms with E-state index in [1.807, 2.05) is 55.5 Å². The van der Waals surface area contributed by atoms with Crippen LogP contribution in [0.4, 0.5) is 0 Å². The molecule has 8 heteroatoms. The first-order valence-corrected chi connectivity index (χ1v) is 12.0. The summed E-state index contributed by atoms with van der Waals surface area (Å²) in [5, 5.41) is 10.1. The van der Waals surface area contributed by atoms with Gasteiger partial charge in [0.2, 0.25) is 5.91 Å². The molecule has 1 saturated heterocycles. The summed E-state index contributed by atoms with van der Waals surface area (Å²) in [5.41, 5.74) is 9.63. The fourth-order valence-electron chi connectivity index (χ4n) is 4.88. The van der Waals surface area contributed by atoms with Crippen LogP contribution in [0.5, 0.6) is 5.75 Å². The van der Waals surface area contributed by atoms with Crippen LogP contribution in [0.15, 0.2) is 60.7 Å². The zero-order valence-corrected chi connectivity index (χ0v) is 19.7. The van der Waals surface area contributed by atoms with E-state index in [1.165, 1.54) is 0 Å². The minimum atomic E-state index is -0.411. The monoisotopic (exact) mass is 474 g/mol. The molecule has 182 valence electrons. The lowest BCUT2D eigenvalue weighted by Gasteiger charge is -2.29. The summed E-state index contributed by atoms with van der Waals surface area (Å²) in [6.45, 7) is 4.29. The number of amides is 1. The number of aromatic nitrogens is 1. The van der Waals surface area contributed by atoms with Crippen LogP contribution in [-0.2, 0) is 16.2 Å². The summed E-state index contributed by atoms with van der Waals surface area (Å²) in [6.07, 6.45) is 4.09. The number of ether oxygens (including phenoxy) is 1. The maximum atomic E-state index is 11.9. The van der Waals surface area contributed by atoms with Gasteiger partial charge >= 0.3 is 0 Å². The largest absolute Gasteiger partial charge is 0.489 e. The third-order valence-electron chi connectivity index (χ3n) is 6.63. The molecule has 0 saturated carbocycles. The number of carbonyl (C=O) groups excluding carboxylic acids is 1. The van der Waals surface area contributed by atoms with Gasteiger partial charge in [-0.3, -0.25) is 30.2 Å². The maximum absolute atomic E-state index is 11.9. The first kappa shape index (κ1) is 23.3. The van der Waals surface area contributed by atoms with Crippen molar-refractivity contribution in [3.8, 4) is 5.75 Å². The van der Waals surface area contributed by atoms with Crippen LogP contribution in [0.25, 0.3) is 16.6 Å². The number of nitrogens with one attached hydrogen (secondary N) is 2. The number of hydrogen-bond donors (Lipinski definition) is 3. The van der Waals surface area contributed by atoms with E-state index in [4.69, 9.17) is 14.8 Å². The first-order valence-electron chi connectivity index (χ1n) is 12.0. The summed E-state index contributed by atoms with van der Waals surface area (Å²) < 4.78 is 6.08. The molecule has 8 nitrogen and oxygen atoms in total. The number of rotatable bonds is 8. The number of fused-ring (bicyclic) bond motifs is 1. The molecule has 0 aliphatic carbocycles. The van der Waals surface area contributed by atoms with E-state index in [0.717, 1.165) is 65.1 Å². The average molecular weight is 475 g/mol. The van der Waals surface area contributed by atoms with Crippen LogP contribution in [0, 0.1) is 6.92 Å². The SMILES string of the molecule is Cc1cc(COc2ccc(C3=CC(C(CC(=O)NO)N4CCCC4)ON3)cc2)c2ccccc2n1. The van der Waals surface area contributed by atoms with Gasteiger partial charge in [0.15, 0.2) is 0 Å². The van der Waals surface area contributed by atoms with Gasteiger partial charge in [-0.15, -0.1) is 0 Å². The van der Waals surface area contributed by atoms with Crippen molar-refractivity contribution in [3.05, 3.63) is 77.5 Å². The van der Waals surface area contributed by atoms with E-state index >= 15 is 0 Å². The van der Waals surface area contributed by atoms with Crippen molar-refractivity contribution in [2.24, 2.45) is 0 Å². The quantitative estimate of drug-likeness (QED) is 0.338. The number of para-hydroxylation sites is 1. The van der Waals surface area contributed by atoms with Gasteiger partial charge in [0.1, 0.15) is 18.5 Å². The second-order valence-electron chi connectivity index (χ2n) is 9.07. The van der Waals surface area contributed by atoms with Crippen molar-refractivity contribution >= 4 is 22.5 Å². The number of hydrogen-bond acceptors (Lipinski definition) is 7. The molecule has 2 unspecified atom stereocenters. The Morgan fingerprint density at radius 2 is 2.00 bits per heavy atom. The highest BCUT2D eigenvalue weighted by Gasteiger charge is 2.34. The predicted octanol–water partition coefficient (Wildman–Crippen LogP) is 3.73. The van der Waals surface area contributed by atoms with Gasteiger partial charge in [0, 0.05) is 23.1 Å². The second kappa shape index (κ2) is 10.4. The van der Waals surface area contributed by atoms with Gasteiger partial charge in [-0.25, -0.2) is 5.48 Å². The zero-order valence-electron chi connectivity index (χ0n) is 19.7. The number of pyridine rings is 1. The van der Waals surface area contributed by atoms with Crippen molar-refractivity contribution < 1.29 is 19.6 Å². The van der Waals surface area contributed by atoms with Crippen molar-refractivity contribution in [2.45, 2.75) is 44.9 Å². The number of carbonyl (C=O) groups is 1. The molecule has 3 N–H and O–H groups in total. The molecule has 5 rings (SSSR count). The van der Waals surface area contributed by atoms with Crippen LogP contribution in [0.2, 0.25) is 0 Å². The molecule has 1 aromatic heterocycles. The molecular formula is C27H30N4O4. The molecule has 3 aromatic rings. The van der Waals surface area contributed by atoms with E-state index in [1.54, 1.807) is 5.48 Å². The Balaban J connectivity index is 1.26. The Kier molecular flexibility index (Phi) is 6.94. The number of likely N-dealkylation sites (tertiary alicyclic amines) is 1. The van der Waals surface area contributed by atoms with Crippen LogP contribution < -0.4 is 15.7 Å². The lowest BCUT2D eigenvalue weighted by molar-refractivity contribution is -0.131. The summed E-state index contributed by atoms with van der Waals surface area (Å²) in [5.74, 6) is 0.365. The highest BCUT2D eigenvalue weighted by molar-refractivity contribution is 5.82. The minimum Gasteiger partial charge on any atom is -0.489 e. The first-order chi connectivity index (χ1) is 17.1. The number of benzene rings is 2. The molecule has 1 amide bonds. The zero-order chi connectivity index (χ0) is 24.2. The fraction of sp³-hybridized carbons (Fsp3) is 0.333. The van der Waals surface area contributed by atoms with Crippen molar-refractivity contribution in [1.29, 1.82) is 0 Å². The van der Waals surface area contributed by atoms with Crippen LogP contribution in [0.3, 0.4) is 0 Å². The van der Waals surface area contributed by atoms with E-state index in [2.05, 4.69) is 27.5 Å². The van der Waals surface area contributed by atoms with E-state index in [9.17, 15) is 4.79 Å². The Labute approximate surface area is 204 Å². The standard InChI is InChI=1S/C27H30N4O4/c1-18-14-20(22-6-2-3-7-23(22)28-18)17-34-21-10-8-19(9-11-21)24-15-26(35-30-24)25(16-27(32)29-33)31-12-4-5-13-31/h2-3,6-11,14-15,25-26,30,33H,4-5,12-13,16-17H2,1H3,(H,29,32). The number of aryl methyl sites for hydroxylation is 1. The molecule has 0 spiro atoms. The van der Waals surface area contributed by atoms with Gasteiger partial charge in [-0.1, -0.05) is 18.2 Å². The topological polar surface area (TPSA) is 96.0 Å².